The molecule has 0 saturated heterocycles. The van der Waals surface area contributed by atoms with E-state index in [2.05, 4.69) is 92.8 Å². The van der Waals surface area contributed by atoms with Crippen LogP contribution in [0.2, 0.25) is 0 Å². The fourth-order valence-corrected chi connectivity index (χ4v) is 5.57. The molecule has 0 bridgehead atoms. The van der Waals surface area contributed by atoms with Crippen LogP contribution in [0.5, 0.6) is 0 Å². The third-order valence-corrected chi connectivity index (χ3v) is 7.04. The molecule has 1 aromatic heterocycles. The molecule has 1 aliphatic carbocycles. The molecule has 1 aliphatic heterocycles. The fourth-order valence-electron chi connectivity index (χ4n) is 5.57. The molecule has 2 heterocycles. The van der Waals surface area contributed by atoms with E-state index >= 15 is 0 Å². The van der Waals surface area contributed by atoms with Crippen molar-refractivity contribution in [1.82, 2.24) is 10.2 Å². The lowest BCUT2D eigenvalue weighted by atomic mass is 9.84. The minimum atomic E-state index is 0.533. The van der Waals surface area contributed by atoms with E-state index in [4.69, 9.17) is 0 Å². The minimum absolute atomic E-state index is 0.533. The summed E-state index contributed by atoms with van der Waals surface area (Å²) in [5.74, 6) is 0. The summed E-state index contributed by atoms with van der Waals surface area (Å²) in [6.07, 6.45) is 7.09. The summed E-state index contributed by atoms with van der Waals surface area (Å²) in [6, 6.07) is 27.6. The van der Waals surface area contributed by atoms with Crippen LogP contribution in [-0.2, 0) is 13.1 Å². The van der Waals surface area contributed by atoms with Crippen LogP contribution in [0.15, 0.2) is 79.0 Å². The van der Waals surface area contributed by atoms with Crippen molar-refractivity contribution in [3.05, 3.63) is 90.1 Å². The Morgan fingerprint density at radius 3 is 1.87 bits per heavy atom. The Morgan fingerprint density at radius 1 is 0.742 bits per heavy atom. The molecule has 0 radical (unpaired) electrons. The zero-order chi connectivity index (χ0) is 20.6. The van der Waals surface area contributed by atoms with E-state index < -0.39 is 0 Å². The number of H-pyrrole nitrogens is 1. The lowest BCUT2D eigenvalue weighted by Gasteiger charge is -2.52. The van der Waals surface area contributed by atoms with Crippen molar-refractivity contribution in [2.75, 3.05) is 9.80 Å². The SMILES string of the molecule is c1ccc(CN2c3cc4[nH]ncc4cc3N(Cc3ccccc3)[C@H]3CCCC[C@H]32)cc1. The van der Waals surface area contributed by atoms with Gasteiger partial charge in [-0.25, -0.2) is 0 Å². The van der Waals surface area contributed by atoms with Gasteiger partial charge in [-0.1, -0.05) is 73.5 Å². The molecule has 2 atom stereocenters. The normalized spacial score (nSPS) is 20.5. The van der Waals surface area contributed by atoms with Gasteiger partial charge in [0, 0.05) is 30.6 Å². The van der Waals surface area contributed by atoms with Gasteiger partial charge in [-0.05, 0) is 36.1 Å². The standard InChI is InChI=1S/C27H28N4/c1-3-9-20(10-4-1)18-30-24-13-7-8-14-25(24)31(19-21-11-5-2-6-12-21)27-16-23-22(15-26(27)30)17-28-29-23/h1-6,9-12,15-17,24-25H,7-8,13-14,18-19H2,(H,28,29)/t24-,25+/m0/s1. The molecule has 4 heteroatoms. The lowest BCUT2D eigenvalue weighted by Crippen LogP contribution is -2.57. The first-order valence-corrected chi connectivity index (χ1v) is 11.4. The Morgan fingerprint density at radius 2 is 1.29 bits per heavy atom. The molecule has 1 fully saturated rings. The van der Waals surface area contributed by atoms with Crippen LogP contribution in [0.4, 0.5) is 11.4 Å². The van der Waals surface area contributed by atoms with E-state index in [-0.39, 0.29) is 0 Å². The zero-order valence-corrected chi connectivity index (χ0v) is 17.7. The number of aromatic amines is 1. The second-order valence-electron chi connectivity index (χ2n) is 8.94. The van der Waals surface area contributed by atoms with Crippen molar-refractivity contribution in [3.8, 4) is 0 Å². The molecular formula is C27H28N4. The first-order chi connectivity index (χ1) is 15.4. The number of nitrogens with zero attached hydrogens (tertiary/aromatic N) is 3. The van der Waals surface area contributed by atoms with Crippen LogP contribution in [0.3, 0.4) is 0 Å². The van der Waals surface area contributed by atoms with E-state index in [1.54, 1.807) is 0 Å². The van der Waals surface area contributed by atoms with E-state index in [0.717, 1.165) is 18.6 Å². The highest BCUT2D eigenvalue weighted by Gasteiger charge is 2.40. The van der Waals surface area contributed by atoms with Crippen molar-refractivity contribution in [2.45, 2.75) is 50.9 Å². The van der Waals surface area contributed by atoms with E-state index in [1.807, 2.05) is 6.20 Å². The predicted octanol–water partition coefficient (Wildman–Crippen LogP) is 5.90. The van der Waals surface area contributed by atoms with Crippen LogP contribution in [0, 0.1) is 0 Å². The lowest BCUT2D eigenvalue weighted by molar-refractivity contribution is 0.332. The number of anilines is 2. The number of fused-ring (bicyclic) bond motifs is 3. The number of aromatic nitrogens is 2. The quantitative estimate of drug-likeness (QED) is 0.456. The Balaban J connectivity index is 1.49. The van der Waals surface area contributed by atoms with Gasteiger partial charge in [0.1, 0.15) is 0 Å². The van der Waals surface area contributed by atoms with Gasteiger partial charge in [0.05, 0.1) is 23.1 Å². The molecule has 4 nitrogen and oxygen atoms in total. The molecule has 2 aliphatic rings. The van der Waals surface area contributed by atoms with E-state index in [0.29, 0.717) is 12.1 Å². The van der Waals surface area contributed by atoms with Gasteiger partial charge >= 0.3 is 0 Å². The molecule has 0 spiro atoms. The second-order valence-corrected chi connectivity index (χ2v) is 8.94. The number of hydrogen-bond donors (Lipinski definition) is 1. The first-order valence-electron chi connectivity index (χ1n) is 11.4. The van der Waals surface area contributed by atoms with Gasteiger partial charge < -0.3 is 9.80 Å². The molecular weight excluding hydrogens is 380 g/mol. The van der Waals surface area contributed by atoms with Crippen molar-refractivity contribution < 1.29 is 0 Å². The van der Waals surface area contributed by atoms with Crippen LogP contribution in [-0.4, -0.2) is 22.3 Å². The number of nitrogens with one attached hydrogen (secondary N) is 1. The Hall–Kier alpha value is -3.27. The largest absolute Gasteiger partial charge is 0.360 e. The molecule has 6 rings (SSSR count). The smallest absolute Gasteiger partial charge is 0.0672 e. The second kappa shape index (κ2) is 7.77. The van der Waals surface area contributed by atoms with Gasteiger partial charge in [-0.15, -0.1) is 0 Å². The highest BCUT2D eigenvalue weighted by molar-refractivity contribution is 5.91. The summed E-state index contributed by atoms with van der Waals surface area (Å²) in [4.78, 5) is 5.36. The molecule has 156 valence electrons. The van der Waals surface area contributed by atoms with E-state index in [9.17, 15) is 0 Å². The molecule has 4 aromatic rings. The van der Waals surface area contributed by atoms with Crippen LogP contribution in [0.25, 0.3) is 10.9 Å². The summed E-state index contributed by atoms with van der Waals surface area (Å²) < 4.78 is 0. The monoisotopic (exact) mass is 408 g/mol. The highest BCUT2D eigenvalue weighted by atomic mass is 15.3. The van der Waals surface area contributed by atoms with Gasteiger partial charge in [0.15, 0.2) is 0 Å². The molecule has 0 unspecified atom stereocenters. The summed E-state index contributed by atoms with van der Waals surface area (Å²) in [7, 11) is 0. The minimum Gasteiger partial charge on any atom is -0.360 e. The predicted molar refractivity (Wildman–Crippen MR) is 127 cm³/mol. The average molecular weight is 409 g/mol. The number of rotatable bonds is 4. The number of benzene rings is 3. The molecule has 1 saturated carbocycles. The molecule has 3 aromatic carbocycles. The maximum atomic E-state index is 4.32. The average Bonchev–Trinajstić information content (AvgIpc) is 3.29. The Labute approximate surface area is 183 Å². The summed E-state index contributed by atoms with van der Waals surface area (Å²) in [5.41, 5.74) is 6.54. The van der Waals surface area contributed by atoms with Crippen molar-refractivity contribution in [1.29, 1.82) is 0 Å². The Kier molecular flexibility index (Phi) is 4.63. The third-order valence-electron chi connectivity index (χ3n) is 7.04. The topological polar surface area (TPSA) is 35.2 Å². The van der Waals surface area contributed by atoms with Crippen molar-refractivity contribution in [2.24, 2.45) is 0 Å². The maximum absolute atomic E-state index is 4.32. The van der Waals surface area contributed by atoms with Gasteiger partial charge in [-0.2, -0.15) is 5.10 Å². The van der Waals surface area contributed by atoms with Gasteiger partial charge in [0.2, 0.25) is 0 Å². The summed E-state index contributed by atoms with van der Waals surface area (Å²) >= 11 is 0. The van der Waals surface area contributed by atoms with Crippen LogP contribution in [0.1, 0.15) is 36.8 Å². The molecule has 1 N–H and O–H groups in total. The molecule has 0 amide bonds. The molecule has 31 heavy (non-hydrogen) atoms. The van der Waals surface area contributed by atoms with Crippen LogP contribution >= 0.6 is 0 Å². The van der Waals surface area contributed by atoms with Crippen molar-refractivity contribution >= 4 is 22.3 Å². The fraction of sp³-hybridized carbons (Fsp3) is 0.296. The van der Waals surface area contributed by atoms with Crippen LogP contribution < -0.4 is 9.80 Å². The van der Waals surface area contributed by atoms with Gasteiger partial charge in [-0.3, -0.25) is 5.10 Å². The van der Waals surface area contributed by atoms with E-state index in [1.165, 1.54) is 53.6 Å². The zero-order valence-electron chi connectivity index (χ0n) is 17.7. The first kappa shape index (κ1) is 18.5. The number of hydrogen-bond acceptors (Lipinski definition) is 3. The third kappa shape index (κ3) is 3.36. The summed E-state index contributed by atoms with van der Waals surface area (Å²) in [6.45, 7) is 1.91. The Bertz CT molecular complexity index is 1080. The van der Waals surface area contributed by atoms with Crippen molar-refractivity contribution in [3.63, 3.8) is 0 Å². The summed E-state index contributed by atoms with van der Waals surface area (Å²) in [5, 5.41) is 8.70. The highest BCUT2D eigenvalue weighted by Crippen LogP contribution is 2.46. The maximum Gasteiger partial charge on any atom is 0.0672 e. The van der Waals surface area contributed by atoms with Gasteiger partial charge in [0.25, 0.3) is 0 Å².